The van der Waals surface area contributed by atoms with Gasteiger partial charge in [-0.25, -0.2) is 0 Å². The van der Waals surface area contributed by atoms with Crippen LogP contribution < -0.4 is 5.73 Å². The summed E-state index contributed by atoms with van der Waals surface area (Å²) in [5, 5.41) is 9.86. The number of hydrogen-bond acceptors (Lipinski definition) is 5. The van der Waals surface area contributed by atoms with E-state index in [0.717, 1.165) is 5.56 Å². The Morgan fingerprint density at radius 1 is 1.59 bits per heavy atom. The SMILES string of the molecule is CCOC(=O)CSCC(O)c1cccc(N)c1. The molecule has 0 bridgehead atoms. The molecule has 0 fully saturated rings. The average molecular weight is 255 g/mol. The maximum atomic E-state index is 11.1. The molecular formula is C12H17NO3S. The number of anilines is 1. The van der Waals surface area contributed by atoms with Crippen molar-refractivity contribution < 1.29 is 14.6 Å². The minimum Gasteiger partial charge on any atom is -0.465 e. The second-order valence-corrected chi connectivity index (χ2v) is 4.54. The maximum absolute atomic E-state index is 11.1. The smallest absolute Gasteiger partial charge is 0.315 e. The van der Waals surface area contributed by atoms with E-state index in [-0.39, 0.29) is 11.7 Å². The number of aliphatic hydroxyl groups excluding tert-OH is 1. The van der Waals surface area contributed by atoms with Crippen LogP contribution in [0, 0.1) is 0 Å². The Hall–Kier alpha value is -1.20. The van der Waals surface area contributed by atoms with Gasteiger partial charge in [0.05, 0.1) is 18.5 Å². The largest absolute Gasteiger partial charge is 0.465 e. The monoisotopic (exact) mass is 255 g/mol. The van der Waals surface area contributed by atoms with Crippen molar-refractivity contribution in [1.29, 1.82) is 0 Å². The quantitative estimate of drug-likeness (QED) is 0.596. The number of carbonyl (C=O) groups is 1. The Bertz CT molecular complexity index is 371. The lowest BCUT2D eigenvalue weighted by Gasteiger charge is -2.10. The van der Waals surface area contributed by atoms with Gasteiger partial charge in [0.2, 0.25) is 0 Å². The van der Waals surface area contributed by atoms with Crippen LogP contribution in [0.4, 0.5) is 5.69 Å². The van der Waals surface area contributed by atoms with Gasteiger partial charge < -0.3 is 15.6 Å². The number of ether oxygens (including phenoxy) is 1. The van der Waals surface area contributed by atoms with E-state index in [2.05, 4.69) is 0 Å². The van der Waals surface area contributed by atoms with E-state index < -0.39 is 6.10 Å². The molecule has 0 aromatic heterocycles. The number of rotatable bonds is 6. The Balaban J connectivity index is 2.35. The minimum atomic E-state index is -0.613. The van der Waals surface area contributed by atoms with E-state index >= 15 is 0 Å². The standard InChI is InChI=1S/C12H17NO3S/c1-2-16-12(15)8-17-7-11(14)9-4-3-5-10(13)6-9/h3-6,11,14H,2,7-8,13H2,1H3. The van der Waals surface area contributed by atoms with E-state index in [1.165, 1.54) is 11.8 Å². The van der Waals surface area contributed by atoms with Crippen molar-refractivity contribution >= 4 is 23.4 Å². The minimum absolute atomic E-state index is 0.253. The topological polar surface area (TPSA) is 72.5 Å². The van der Waals surface area contributed by atoms with E-state index in [1.807, 2.05) is 6.07 Å². The third kappa shape index (κ3) is 5.10. The summed E-state index contributed by atoms with van der Waals surface area (Å²) >= 11 is 1.34. The van der Waals surface area contributed by atoms with Crippen LogP contribution in [0.15, 0.2) is 24.3 Å². The summed E-state index contributed by atoms with van der Waals surface area (Å²) in [4.78, 5) is 11.1. The predicted molar refractivity (Wildman–Crippen MR) is 69.8 cm³/mol. The molecule has 0 saturated heterocycles. The van der Waals surface area contributed by atoms with Gasteiger partial charge in [0.25, 0.3) is 0 Å². The van der Waals surface area contributed by atoms with Crippen LogP contribution in [-0.2, 0) is 9.53 Å². The fraction of sp³-hybridized carbons (Fsp3) is 0.417. The number of carbonyl (C=O) groups excluding carboxylic acids is 1. The fourth-order valence-electron chi connectivity index (χ4n) is 1.32. The number of hydrogen-bond donors (Lipinski definition) is 2. The first-order valence-electron chi connectivity index (χ1n) is 5.40. The zero-order valence-corrected chi connectivity index (χ0v) is 10.6. The van der Waals surface area contributed by atoms with Gasteiger partial charge >= 0.3 is 5.97 Å². The number of esters is 1. The molecule has 0 aliphatic rings. The van der Waals surface area contributed by atoms with Gasteiger partial charge in [-0.3, -0.25) is 4.79 Å². The molecule has 5 heteroatoms. The van der Waals surface area contributed by atoms with Gasteiger partial charge in [0, 0.05) is 11.4 Å². The highest BCUT2D eigenvalue weighted by atomic mass is 32.2. The molecule has 17 heavy (non-hydrogen) atoms. The van der Waals surface area contributed by atoms with Crippen LogP contribution in [-0.4, -0.2) is 29.2 Å². The van der Waals surface area contributed by atoms with E-state index in [1.54, 1.807) is 25.1 Å². The molecule has 4 nitrogen and oxygen atoms in total. The third-order valence-corrected chi connectivity index (χ3v) is 3.09. The number of aliphatic hydroxyl groups is 1. The maximum Gasteiger partial charge on any atom is 0.315 e. The number of thioether (sulfide) groups is 1. The number of nitrogens with two attached hydrogens (primary N) is 1. The number of benzene rings is 1. The Kier molecular flexibility index (Phi) is 5.86. The van der Waals surface area contributed by atoms with Gasteiger partial charge in [-0.1, -0.05) is 12.1 Å². The summed E-state index contributed by atoms with van der Waals surface area (Å²) in [6.07, 6.45) is -0.613. The van der Waals surface area contributed by atoms with Crippen LogP contribution in [0.2, 0.25) is 0 Å². The van der Waals surface area contributed by atoms with Crippen molar-refractivity contribution in [2.24, 2.45) is 0 Å². The fourth-order valence-corrected chi connectivity index (χ4v) is 2.10. The van der Waals surface area contributed by atoms with Crippen LogP contribution in [0.3, 0.4) is 0 Å². The first-order valence-corrected chi connectivity index (χ1v) is 6.55. The normalized spacial score (nSPS) is 12.1. The molecule has 0 aliphatic heterocycles. The molecule has 0 saturated carbocycles. The lowest BCUT2D eigenvalue weighted by molar-refractivity contribution is -0.139. The van der Waals surface area contributed by atoms with E-state index in [4.69, 9.17) is 10.5 Å². The number of nitrogen functional groups attached to an aromatic ring is 1. The summed E-state index contributed by atoms with van der Waals surface area (Å²) in [6.45, 7) is 2.15. The first kappa shape index (κ1) is 13.9. The van der Waals surface area contributed by atoms with Gasteiger partial charge in [0.1, 0.15) is 0 Å². The van der Waals surface area contributed by atoms with Gasteiger partial charge in [-0.05, 0) is 24.6 Å². The molecule has 1 atom stereocenters. The van der Waals surface area contributed by atoms with Crippen molar-refractivity contribution in [1.82, 2.24) is 0 Å². The average Bonchev–Trinajstić information content (AvgIpc) is 2.29. The molecule has 94 valence electrons. The summed E-state index contributed by atoms with van der Waals surface area (Å²) in [6, 6.07) is 7.10. The van der Waals surface area contributed by atoms with Gasteiger partial charge in [-0.15, -0.1) is 11.8 Å². The summed E-state index contributed by atoms with van der Waals surface area (Å²) in [5.41, 5.74) is 7.01. The lowest BCUT2D eigenvalue weighted by atomic mass is 10.1. The highest BCUT2D eigenvalue weighted by Crippen LogP contribution is 2.20. The van der Waals surface area contributed by atoms with Crippen molar-refractivity contribution in [3.05, 3.63) is 29.8 Å². The summed E-state index contributed by atoms with van der Waals surface area (Å²) in [5.74, 6) is 0.451. The van der Waals surface area contributed by atoms with Crippen molar-refractivity contribution in [3.8, 4) is 0 Å². The lowest BCUT2D eigenvalue weighted by Crippen LogP contribution is -2.09. The molecule has 0 heterocycles. The summed E-state index contributed by atoms with van der Waals surface area (Å²) < 4.78 is 4.79. The zero-order valence-electron chi connectivity index (χ0n) is 9.76. The molecule has 0 amide bonds. The molecule has 1 aromatic rings. The van der Waals surface area contributed by atoms with Crippen LogP contribution in [0.5, 0.6) is 0 Å². The highest BCUT2D eigenvalue weighted by Gasteiger charge is 2.09. The second-order valence-electron chi connectivity index (χ2n) is 3.51. The van der Waals surface area contributed by atoms with Crippen LogP contribution in [0.1, 0.15) is 18.6 Å². The van der Waals surface area contributed by atoms with Crippen molar-refractivity contribution in [2.75, 3.05) is 23.8 Å². The molecule has 1 unspecified atom stereocenters. The first-order chi connectivity index (χ1) is 8.13. The Labute approximate surface area is 105 Å². The highest BCUT2D eigenvalue weighted by molar-refractivity contribution is 7.99. The molecule has 1 rings (SSSR count). The molecule has 3 N–H and O–H groups in total. The third-order valence-electron chi connectivity index (χ3n) is 2.10. The summed E-state index contributed by atoms with van der Waals surface area (Å²) in [7, 11) is 0. The predicted octanol–water partition coefficient (Wildman–Crippen LogP) is 1.60. The molecule has 0 aliphatic carbocycles. The van der Waals surface area contributed by atoms with Crippen molar-refractivity contribution in [2.45, 2.75) is 13.0 Å². The molecule has 0 radical (unpaired) electrons. The van der Waals surface area contributed by atoms with Gasteiger partial charge in [-0.2, -0.15) is 0 Å². The van der Waals surface area contributed by atoms with E-state index in [0.29, 0.717) is 18.0 Å². The Morgan fingerprint density at radius 2 is 2.35 bits per heavy atom. The molecular weight excluding hydrogens is 238 g/mol. The van der Waals surface area contributed by atoms with Crippen molar-refractivity contribution in [3.63, 3.8) is 0 Å². The van der Waals surface area contributed by atoms with E-state index in [9.17, 15) is 9.90 Å². The molecule has 1 aromatic carbocycles. The van der Waals surface area contributed by atoms with Crippen LogP contribution in [0.25, 0.3) is 0 Å². The van der Waals surface area contributed by atoms with Crippen LogP contribution >= 0.6 is 11.8 Å². The molecule has 0 spiro atoms. The van der Waals surface area contributed by atoms with Gasteiger partial charge in [0.15, 0.2) is 0 Å². The Morgan fingerprint density at radius 3 is 3.00 bits per heavy atom. The second kappa shape index (κ2) is 7.19. The zero-order chi connectivity index (χ0) is 12.7.